The van der Waals surface area contributed by atoms with Gasteiger partial charge in [-0.1, -0.05) is 54.1 Å². The van der Waals surface area contributed by atoms with Gasteiger partial charge in [0.1, 0.15) is 11.5 Å². The van der Waals surface area contributed by atoms with Gasteiger partial charge in [-0.25, -0.2) is 4.79 Å². The van der Waals surface area contributed by atoms with E-state index in [4.69, 9.17) is 9.47 Å². The Bertz CT molecular complexity index is 1000. The van der Waals surface area contributed by atoms with Crippen LogP contribution in [0.15, 0.2) is 78.9 Å². The fourth-order valence-electron chi connectivity index (χ4n) is 2.59. The lowest BCUT2D eigenvalue weighted by molar-refractivity contribution is 0.0733. The van der Waals surface area contributed by atoms with Gasteiger partial charge in [0, 0.05) is 6.07 Å². The molecular weight excluding hydrogens is 352 g/mol. The average Bonchev–Trinajstić information content (AvgIpc) is 2.73. The summed E-state index contributed by atoms with van der Waals surface area (Å²) in [5.41, 5.74) is 2.75. The van der Waals surface area contributed by atoms with Crippen LogP contribution in [0, 0.1) is 6.92 Å². The van der Waals surface area contributed by atoms with Gasteiger partial charge in [0.2, 0.25) is 0 Å². The van der Waals surface area contributed by atoms with Gasteiger partial charge in [0.25, 0.3) is 0 Å². The quantitative estimate of drug-likeness (QED) is 0.261. The smallest absolute Gasteiger partial charge is 0.343 e. The molecule has 0 unspecified atom stereocenters. The van der Waals surface area contributed by atoms with Crippen molar-refractivity contribution in [3.8, 4) is 11.5 Å². The molecule has 0 fully saturated rings. The topological polar surface area (TPSA) is 52.6 Å². The predicted molar refractivity (Wildman–Crippen MR) is 109 cm³/mol. The first-order valence-corrected chi connectivity index (χ1v) is 8.81. The minimum absolute atomic E-state index is 0.159. The summed E-state index contributed by atoms with van der Waals surface area (Å²) in [5.74, 6) is -0.147. The Morgan fingerprint density at radius 3 is 2.29 bits per heavy atom. The number of hydrogen-bond acceptors (Lipinski definition) is 4. The highest BCUT2D eigenvalue weighted by molar-refractivity contribution is 6.09. The zero-order chi connectivity index (χ0) is 19.9. The van der Waals surface area contributed by atoms with Crippen molar-refractivity contribution in [3.63, 3.8) is 0 Å². The molecule has 28 heavy (non-hydrogen) atoms. The number of methoxy groups -OCH3 is 1. The van der Waals surface area contributed by atoms with E-state index in [1.807, 2.05) is 37.3 Å². The fourth-order valence-corrected chi connectivity index (χ4v) is 2.59. The van der Waals surface area contributed by atoms with Gasteiger partial charge >= 0.3 is 5.97 Å². The van der Waals surface area contributed by atoms with E-state index < -0.39 is 5.97 Å². The lowest BCUT2D eigenvalue weighted by Crippen LogP contribution is -2.11. The van der Waals surface area contributed by atoms with Gasteiger partial charge in [0.15, 0.2) is 5.78 Å². The third kappa shape index (κ3) is 4.74. The maximum absolute atomic E-state index is 12.7. The summed E-state index contributed by atoms with van der Waals surface area (Å²) in [6.45, 7) is 2.00. The fraction of sp³-hybridized carbons (Fsp3) is 0.0833. The number of hydrogen-bond donors (Lipinski definition) is 0. The summed E-state index contributed by atoms with van der Waals surface area (Å²) < 4.78 is 10.7. The van der Waals surface area contributed by atoms with Crippen molar-refractivity contribution in [1.29, 1.82) is 0 Å². The SMILES string of the molecule is COc1ccc(C(=O)C=Cc2ccc(C)cc2)c(OC(=O)c2ccccc2)c1. The second-order valence-corrected chi connectivity index (χ2v) is 6.23. The van der Waals surface area contributed by atoms with Crippen molar-refractivity contribution in [3.05, 3.63) is 101 Å². The van der Waals surface area contributed by atoms with Crippen molar-refractivity contribution >= 4 is 17.8 Å². The third-order valence-electron chi connectivity index (χ3n) is 4.17. The van der Waals surface area contributed by atoms with Gasteiger partial charge in [-0.05, 0) is 42.8 Å². The molecule has 4 heteroatoms. The molecule has 3 aromatic carbocycles. The van der Waals surface area contributed by atoms with E-state index in [9.17, 15) is 9.59 Å². The second-order valence-electron chi connectivity index (χ2n) is 6.23. The van der Waals surface area contributed by atoms with Crippen LogP contribution in [0.1, 0.15) is 31.8 Å². The van der Waals surface area contributed by atoms with Crippen molar-refractivity contribution in [2.45, 2.75) is 6.92 Å². The molecule has 0 N–H and O–H groups in total. The van der Waals surface area contributed by atoms with E-state index in [0.29, 0.717) is 11.3 Å². The molecule has 3 rings (SSSR count). The number of carbonyl (C=O) groups excluding carboxylic acids is 2. The molecule has 0 aliphatic heterocycles. The Hall–Kier alpha value is -3.66. The lowest BCUT2D eigenvalue weighted by atomic mass is 10.1. The number of aryl methyl sites for hydroxylation is 1. The minimum Gasteiger partial charge on any atom is -0.497 e. The van der Waals surface area contributed by atoms with Crippen molar-refractivity contribution < 1.29 is 19.1 Å². The number of rotatable bonds is 6. The Labute approximate surface area is 164 Å². The van der Waals surface area contributed by atoms with E-state index in [1.54, 1.807) is 42.5 Å². The Morgan fingerprint density at radius 1 is 0.893 bits per heavy atom. The standard InChI is InChI=1S/C24H20O4/c1-17-8-10-18(11-9-17)12-15-22(25)21-14-13-20(27-2)16-23(21)28-24(26)19-6-4-3-5-7-19/h3-16H,1-2H3. The van der Waals surface area contributed by atoms with Crippen LogP contribution >= 0.6 is 0 Å². The Kier molecular flexibility index (Phi) is 6.02. The van der Waals surface area contributed by atoms with Crippen LogP contribution in [-0.4, -0.2) is 18.9 Å². The van der Waals surface area contributed by atoms with Crippen molar-refractivity contribution in [1.82, 2.24) is 0 Å². The third-order valence-corrected chi connectivity index (χ3v) is 4.17. The molecule has 0 saturated heterocycles. The second kappa shape index (κ2) is 8.82. The highest BCUT2D eigenvalue weighted by atomic mass is 16.5. The minimum atomic E-state index is -0.537. The van der Waals surface area contributed by atoms with E-state index >= 15 is 0 Å². The van der Waals surface area contributed by atoms with E-state index in [0.717, 1.165) is 11.1 Å². The molecule has 0 bridgehead atoms. The molecule has 0 amide bonds. The first kappa shape index (κ1) is 19.1. The first-order chi connectivity index (χ1) is 13.6. The van der Waals surface area contributed by atoms with Crippen LogP contribution in [0.5, 0.6) is 11.5 Å². The van der Waals surface area contributed by atoms with Crippen LogP contribution in [0.4, 0.5) is 0 Å². The molecule has 0 aliphatic rings. The van der Waals surface area contributed by atoms with Gasteiger partial charge in [-0.2, -0.15) is 0 Å². The van der Waals surface area contributed by atoms with Gasteiger partial charge in [-0.15, -0.1) is 0 Å². The highest BCUT2D eigenvalue weighted by Crippen LogP contribution is 2.27. The van der Waals surface area contributed by atoms with Crippen LogP contribution < -0.4 is 9.47 Å². The molecule has 0 heterocycles. The van der Waals surface area contributed by atoms with Gasteiger partial charge in [0.05, 0.1) is 18.2 Å². The maximum Gasteiger partial charge on any atom is 0.343 e. The first-order valence-electron chi connectivity index (χ1n) is 8.81. The summed E-state index contributed by atoms with van der Waals surface area (Å²) in [5, 5.41) is 0. The molecule has 0 radical (unpaired) electrons. The summed E-state index contributed by atoms with van der Waals surface area (Å²) in [6, 6.07) is 21.2. The van der Waals surface area contributed by atoms with Crippen LogP contribution in [-0.2, 0) is 0 Å². The molecule has 3 aromatic rings. The van der Waals surface area contributed by atoms with Crippen LogP contribution in [0.2, 0.25) is 0 Å². The molecule has 0 aromatic heterocycles. The zero-order valence-electron chi connectivity index (χ0n) is 15.7. The maximum atomic E-state index is 12.7. The largest absolute Gasteiger partial charge is 0.497 e. The molecule has 4 nitrogen and oxygen atoms in total. The number of benzene rings is 3. The summed E-state index contributed by atoms with van der Waals surface area (Å²) in [6.07, 6.45) is 3.20. The summed E-state index contributed by atoms with van der Waals surface area (Å²) in [7, 11) is 1.51. The van der Waals surface area contributed by atoms with Crippen molar-refractivity contribution in [2.75, 3.05) is 7.11 Å². The number of ketones is 1. The van der Waals surface area contributed by atoms with Crippen molar-refractivity contribution in [2.24, 2.45) is 0 Å². The molecule has 0 atom stereocenters. The van der Waals surface area contributed by atoms with E-state index in [1.165, 1.54) is 19.3 Å². The Morgan fingerprint density at radius 2 is 1.61 bits per heavy atom. The van der Waals surface area contributed by atoms with Crippen LogP contribution in [0.25, 0.3) is 6.08 Å². The van der Waals surface area contributed by atoms with Gasteiger partial charge in [-0.3, -0.25) is 4.79 Å². The molecule has 0 aliphatic carbocycles. The Balaban J connectivity index is 1.86. The predicted octanol–water partition coefficient (Wildman–Crippen LogP) is 5.12. The normalized spacial score (nSPS) is 10.6. The van der Waals surface area contributed by atoms with Gasteiger partial charge < -0.3 is 9.47 Å². The summed E-state index contributed by atoms with van der Waals surface area (Å²) in [4.78, 5) is 25.1. The molecular formula is C24H20O4. The lowest BCUT2D eigenvalue weighted by Gasteiger charge is -2.10. The van der Waals surface area contributed by atoms with E-state index in [-0.39, 0.29) is 17.1 Å². The molecule has 0 saturated carbocycles. The molecule has 0 spiro atoms. The zero-order valence-corrected chi connectivity index (χ0v) is 15.7. The summed E-state index contributed by atoms with van der Waals surface area (Å²) >= 11 is 0. The number of ether oxygens (including phenoxy) is 2. The number of carbonyl (C=O) groups is 2. The molecule has 140 valence electrons. The number of esters is 1. The average molecular weight is 372 g/mol. The van der Waals surface area contributed by atoms with Crippen LogP contribution in [0.3, 0.4) is 0 Å². The monoisotopic (exact) mass is 372 g/mol. The highest BCUT2D eigenvalue weighted by Gasteiger charge is 2.16. The number of allylic oxidation sites excluding steroid dienone is 1. The van der Waals surface area contributed by atoms with E-state index in [2.05, 4.69) is 0 Å².